The maximum absolute atomic E-state index is 9.15. The van der Waals surface area contributed by atoms with Gasteiger partial charge in [0.05, 0.1) is 19.3 Å². The fraction of sp³-hybridized carbons (Fsp3) is 1.00. The molecule has 16 heavy (non-hydrogen) atoms. The second kappa shape index (κ2) is 6.55. The Hall–Kier alpha value is -0.160. The molecule has 4 nitrogen and oxygen atoms in total. The first-order chi connectivity index (χ1) is 7.65. The van der Waals surface area contributed by atoms with Crippen molar-refractivity contribution in [1.29, 1.82) is 0 Å². The topological polar surface area (TPSA) is 61.7 Å². The fourth-order valence-corrected chi connectivity index (χ4v) is 2.10. The van der Waals surface area contributed by atoms with E-state index in [0.29, 0.717) is 18.6 Å². The van der Waals surface area contributed by atoms with Crippen LogP contribution in [0.25, 0.3) is 0 Å². The highest BCUT2D eigenvalue weighted by Gasteiger charge is 2.27. The van der Waals surface area contributed by atoms with E-state index >= 15 is 0 Å². The fourth-order valence-electron chi connectivity index (χ4n) is 2.10. The minimum absolute atomic E-state index is 0.00880. The van der Waals surface area contributed by atoms with Crippen molar-refractivity contribution < 1.29 is 14.9 Å². The van der Waals surface area contributed by atoms with Gasteiger partial charge < -0.3 is 20.3 Å². The van der Waals surface area contributed by atoms with Crippen LogP contribution in [0.3, 0.4) is 0 Å². The molecule has 0 bridgehead atoms. The predicted molar refractivity (Wildman–Crippen MR) is 63.3 cm³/mol. The lowest BCUT2D eigenvalue weighted by molar-refractivity contribution is 0.0643. The third-order valence-electron chi connectivity index (χ3n) is 3.47. The zero-order chi connectivity index (χ0) is 12.0. The van der Waals surface area contributed by atoms with E-state index in [-0.39, 0.29) is 13.2 Å². The highest BCUT2D eigenvalue weighted by atomic mass is 16.5. The number of aliphatic hydroxyl groups excluding tert-OH is 2. The standard InChI is InChI=1S/C12H25NO3/c1-3-11-10(4-5-16-11)6-13-7-12(2,8-14)9-15/h10-11,13-15H,3-9H2,1-2H3. The number of hydrogen-bond acceptors (Lipinski definition) is 4. The quantitative estimate of drug-likeness (QED) is 0.593. The maximum atomic E-state index is 9.15. The Balaban J connectivity index is 2.24. The molecule has 3 N–H and O–H groups in total. The average Bonchev–Trinajstić information content (AvgIpc) is 2.76. The third-order valence-corrected chi connectivity index (χ3v) is 3.47. The molecule has 0 spiro atoms. The lowest BCUT2D eigenvalue weighted by Gasteiger charge is -2.26. The lowest BCUT2D eigenvalue weighted by Crippen LogP contribution is -2.40. The Bertz CT molecular complexity index is 195. The predicted octanol–water partition coefficient (Wildman–Crippen LogP) is 0.382. The summed E-state index contributed by atoms with van der Waals surface area (Å²) in [5, 5.41) is 21.6. The summed E-state index contributed by atoms with van der Waals surface area (Å²) in [6, 6.07) is 0. The van der Waals surface area contributed by atoms with Crippen molar-refractivity contribution in [1.82, 2.24) is 5.32 Å². The lowest BCUT2D eigenvalue weighted by atomic mass is 9.92. The first-order valence-electron chi connectivity index (χ1n) is 6.19. The van der Waals surface area contributed by atoms with Gasteiger partial charge in [-0.2, -0.15) is 0 Å². The van der Waals surface area contributed by atoms with Crippen molar-refractivity contribution in [2.75, 3.05) is 32.9 Å². The smallest absolute Gasteiger partial charge is 0.0613 e. The molecular formula is C12H25NO3. The molecule has 1 rings (SSSR count). The van der Waals surface area contributed by atoms with Crippen molar-refractivity contribution >= 4 is 0 Å². The summed E-state index contributed by atoms with van der Waals surface area (Å²) in [6.07, 6.45) is 2.55. The molecule has 2 atom stereocenters. The van der Waals surface area contributed by atoms with Crippen molar-refractivity contribution in [2.45, 2.75) is 32.8 Å². The molecule has 1 fully saturated rings. The van der Waals surface area contributed by atoms with Crippen LogP contribution < -0.4 is 5.32 Å². The Morgan fingerprint density at radius 3 is 2.62 bits per heavy atom. The molecule has 0 saturated carbocycles. The summed E-state index contributed by atoms with van der Waals surface area (Å²) in [4.78, 5) is 0. The number of rotatable bonds is 7. The highest BCUT2D eigenvalue weighted by Crippen LogP contribution is 2.22. The van der Waals surface area contributed by atoms with Gasteiger partial charge >= 0.3 is 0 Å². The van der Waals surface area contributed by atoms with Gasteiger partial charge in [-0.1, -0.05) is 13.8 Å². The molecule has 1 heterocycles. The molecule has 0 aromatic heterocycles. The molecule has 0 aromatic rings. The molecule has 0 aromatic carbocycles. The summed E-state index contributed by atoms with van der Waals surface area (Å²) >= 11 is 0. The first-order valence-corrected chi connectivity index (χ1v) is 6.19. The van der Waals surface area contributed by atoms with Crippen molar-refractivity contribution in [2.24, 2.45) is 11.3 Å². The van der Waals surface area contributed by atoms with Gasteiger partial charge in [0.2, 0.25) is 0 Å². The van der Waals surface area contributed by atoms with E-state index in [1.165, 1.54) is 0 Å². The molecule has 96 valence electrons. The van der Waals surface area contributed by atoms with E-state index in [1.54, 1.807) is 0 Å². The van der Waals surface area contributed by atoms with Gasteiger partial charge in [-0.05, 0) is 18.8 Å². The zero-order valence-corrected chi connectivity index (χ0v) is 10.4. The Labute approximate surface area is 98.0 Å². The normalized spacial score (nSPS) is 26.2. The Kier molecular flexibility index (Phi) is 5.69. The van der Waals surface area contributed by atoms with Gasteiger partial charge in [0.25, 0.3) is 0 Å². The van der Waals surface area contributed by atoms with Crippen LogP contribution in [-0.2, 0) is 4.74 Å². The van der Waals surface area contributed by atoms with Crippen LogP contribution in [0.4, 0.5) is 0 Å². The average molecular weight is 231 g/mol. The highest BCUT2D eigenvalue weighted by molar-refractivity contribution is 4.80. The summed E-state index contributed by atoms with van der Waals surface area (Å²) in [7, 11) is 0. The molecule has 0 aliphatic carbocycles. The van der Waals surface area contributed by atoms with Crippen LogP contribution in [0.15, 0.2) is 0 Å². The van der Waals surface area contributed by atoms with Crippen LogP contribution in [0, 0.1) is 11.3 Å². The molecular weight excluding hydrogens is 206 g/mol. The van der Waals surface area contributed by atoms with E-state index < -0.39 is 5.41 Å². The van der Waals surface area contributed by atoms with E-state index in [4.69, 9.17) is 14.9 Å². The maximum Gasteiger partial charge on any atom is 0.0613 e. The van der Waals surface area contributed by atoms with Gasteiger partial charge in [-0.25, -0.2) is 0 Å². The number of nitrogens with one attached hydrogen (secondary N) is 1. The summed E-state index contributed by atoms with van der Waals surface area (Å²) in [6.45, 7) is 6.46. The summed E-state index contributed by atoms with van der Waals surface area (Å²) in [5.41, 5.74) is -0.416. The van der Waals surface area contributed by atoms with E-state index in [2.05, 4.69) is 12.2 Å². The summed E-state index contributed by atoms with van der Waals surface area (Å²) < 4.78 is 5.61. The van der Waals surface area contributed by atoms with Gasteiger partial charge in [-0.15, -0.1) is 0 Å². The van der Waals surface area contributed by atoms with E-state index in [1.807, 2.05) is 6.92 Å². The van der Waals surface area contributed by atoms with Crippen LogP contribution in [-0.4, -0.2) is 49.2 Å². The number of ether oxygens (including phenoxy) is 1. The summed E-state index contributed by atoms with van der Waals surface area (Å²) in [5.74, 6) is 0.576. The monoisotopic (exact) mass is 231 g/mol. The van der Waals surface area contributed by atoms with E-state index in [9.17, 15) is 0 Å². The minimum atomic E-state index is -0.416. The molecule has 4 heteroatoms. The van der Waals surface area contributed by atoms with Crippen LogP contribution in [0.2, 0.25) is 0 Å². The molecule has 2 unspecified atom stereocenters. The molecule has 1 saturated heterocycles. The van der Waals surface area contributed by atoms with Crippen molar-refractivity contribution in [3.05, 3.63) is 0 Å². The van der Waals surface area contributed by atoms with Gasteiger partial charge in [0.15, 0.2) is 0 Å². The Morgan fingerprint density at radius 2 is 2.06 bits per heavy atom. The second-order valence-corrected chi connectivity index (χ2v) is 5.12. The van der Waals surface area contributed by atoms with Gasteiger partial charge in [-0.3, -0.25) is 0 Å². The second-order valence-electron chi connectivity index (χ2n) is 5.12. The third kappa shape index (κ3) is 3.70. The van der Waals surface area contributed by atoms with Crippen LogP contribution >= 0.6 is 0 Å². The number of aliphatic hydroxyl groups is 2. The van der Waals surface area contributed by atoms with Crippen molar-refractivity contribution in [3.8, 4) is 0 Å². The Morgan fingerprint density at radius 1 is 1.38 bits per heavy atom. The van der Waals surface area contributed by atoms with E-state index in [0.717, 1.165) is 26.0 Å². The van der Waals surface area contributed by atoms with Gasteiger partial charge in [0.1, 0.15) is 0 Å². The SMILES string of the molecule is CCC1OCCC1CNCC(C)(CO)CO. The minimum Gasteiger partial charge on any atom is -0.396 e. The van der Waals surface area contributed by atoms with Crippen LogP contribution in [0.1, 0.15) is 26.7 Å². The van der Waals surface area contributed by atoms with Gasteiger partial charge in [0, 0.05) is 25.1 Å². The molecule has 1 aliphatic rings. The molecule has 0 radical (unpaired) electrons. The number of hydrogen-bond donors (Lipinski definition) is 3. The zero-order valence-electron chi connectivity index (χ0n) is 10.4. The van der Waals surface area contributed by atoms with Crippen LogP contribution in [0.5, 0.6) is 0 Å². The largest absolute Gasteiger partial charge is 0.396 e. The molecule has 1 aliphatic heterocycles. The first kappa shape index (κ1) is 13.9. The molecule has 0 amide bonds. The van der Waals surface area contributed by atoms with Crippen molar-refractivity contribution in [3.63, 3.8) is 0 Å².